The molecule has 31 heavy (non-hydrogen) atoms. The molecule has 2 amide bonds. The molecule has 2 N–H and O–H groups in total. The Labute approximate surface area is 190 Å². The van der Waals surface area contributed by atoms with E-state index in [1.165, 1.54) is 30.5 Å². The molecule has 6 nitrogen and oxygen atoms in total. The molecule has 0 heterocycles. The number of halogens is 2. The van der Waals surface area contributed by atoms with Gasteiger partial charge < -0.3 is 10.1 Å². The van der Waals surface area contributed by atoms with E-state index in [2.05, 4.69) is 38.7 Å². The van der Waals surface area contributed by atoms with Crippen LogP contribution in [-0.2, 0) is 4.79 Å². The summed E-state index contributed by atoms with van der Waals surface area (Å²) in [6, 6.07) is 9.84. The minimum atomic E-state index is -0.796. The average molecular weight is 492 g/mol. The highest BCUT2D eigenvalue weighted by Crippen LogP contribution is 2.25. The van der Waals surface area contributed by atoms with Crippen LogP contribution < -0.4 is 15.5 Å². The number of carbonyl (C=O) groups is 2. The quantitative estimate of drug-likeness (QED) is 0.287. The summed E-state index contributed by atoms with van der Waals surface area (Å²) in [4.78, 5) is 24.9. The highest BCUT2D eigenvalue weighted by Gasteiger charge is 2.24. The van der Waals surface area contributed by atoms with Gasteiger partial charge in [-0.3, -0.25) is 9.59 Å². The number of amides is 2. The zero-order valence-corrected chi connectivity index (χ0v) is 19.4. The predicted molar refractivity (Wildman–Crippen MR) is 123 cm³/mol. The monoisotopic (exact) mass is 491 g/mol. The largest absolute Gasteiger partial charge is 0.492 e. The molecule has 0 aliphatic heterocycles. The highest BCUT2D eigenvalue weighted by molar-refractivity contribution is 9.10. The summed E-state index contributed by atoms with van der Waals surface area (Å²) in [7, 11) is 0. The lowest BCUT2D eigenvalue weighted by atomic mass is 10.0. The van der Waals surface area contributed by atoms with Crippen molar-refractivity contribution in [1.82, 2.24) is 10.7 Å². The average Bonchev–Trinajstić information content (AvgIpc) is 2.73. The molecule has 0 fully saturated rings. The second kappa shape index (κ2) is 12.2. The molecule has 0 aliphatic rings. The third-order valence-corrected chi connectivity index (χ3v) is 5.06. The smallest absolute Gasteiger partial charge is 0.262 e. The number of ether oxygens (including phenoxy) is 1. The molecule has 8 heteroatoms. The van der Waals surface area contributed by atoms with E-state index in [4.69, 9.17) is 4.74 Å². The second-order valence-electron chi connectivity index (χ2n) is 7.33. The molecule has 0 saturated heterocycles. The van der Waals surface area contributed by atoms with Gasteiger partial charge in [0.2, 0.25) is 0 Å². The van der Waals surface area contributed by atoms with Crippen molar-refractivity contribution in [2.75, 3.05) is 6.61 Å². The van der Waals surface area contributed by atoms with Gasteiger partial charge in [-0.05, 0) is 76.3 Å². The number of hydrazone groups is 1. The molecule has 166 valence electrons. The topological polar surface area (TPSA) is 79.8 Å². The van der Waals surface area contributed by atoms with Crippen molar-refractivity contribution in [1.29, 1.82) is 0 Å². The standard InChI is InChI=1S/C23H27BrFN3O3/c1-4-5-12-31-20-11-6-16(13-19(20)24)14-26-28-23(30)21(15(2)3)27-22(29)17-7-9-18(25)10-8-17/h6-11,13-15,21H,4-5,12H2,1-3H3,(H,27,29)(H,28,30). The normalized spacial score (nSPS) is 12.1. The number of benzene rings is 2. The van der Waals surface area contributed by atoms with Gasteiger partial charge in [0.1, 0.15) is 17.6 Å². The number of unbranched alkanes of at least 4 members (excludes halogenated alkanes) is 1. The molecule has 0 radical (unpaired) electrons. The molecule has 1 unspecified atom stereocenters. The maximum atomic E-state index is 13.0. The van der Waals surface area contributed by atoms with Gasteiger partial charge in [0.15, 0.2) is 0 Å². The lowest BCUT2D eigenvalue weighted by Gasteiger charge is -2.20. The number of nitrogens with one attached hydrogen (secondary N) is 2. The first kappa shape index (κ1) is 24.5. The van der Waals surface area contributed by atoms with Crippen molar-refractivity contribution in [2.45, 2.75) is 39.7 Å². The molecule has 0 aliphatic carbocycles. The summed E-state index contributed by atoms with van der Waals surface area (Å²) in [5.41, 5.74) is 3.51. The molecule has 0 saturated carbocycles. The van der Waals surface area contributed by atoms with Gasteiger partial charge in [0.25, 0.3) is 11.8 Å². The highest BCUT2D eigenvalue weighted by atomic mass is 79.9. The molecular formula is C23H27BrFN3O3. The van der Waals surface area contributed by atoms with E-state index in [0.717, 1.165) is 28.6 Å². The molecular weight excluding hydrogens is 465 g/mol. The molecule has 0 bridgehead atoms. The van der Waals surface area contributed by atoms with Crippen LogP contribution in [0.2, 0.25) is 0 Å². The van der Waals surface area contributed by atoms with E-state index in [1.807, 2.05) is 32.0 Å². The Morgan fingerprint density at radius 3 is 2.52 bits per heavy atom. The lowest BCUT2D eigenvalue weighted by molar-refractivity contribution is -0.123. The molecule has 2 rings (SSSR count). The van der Waals surface area contributed by atoms with Gasteiger partial charge in [-0.25, -0.2) is 9.82 Å². The van der Waals surface area contributed by atoms with E-state index in [9.17, 15) is 14.0 Å². The summed E-state index contributed by atoms with van der Waals surface area (Å²) >= 11 is 3.47. The number of rotatable bonds is 10. The fraction of sp³-hybridized carbons (Fsp3) is 0.348. The van der Waals surface area contributed by atoms with Crippen LogP contribution >= 0.6 is 15.9 Å². The fourth-order valence-electron chi connectivity index (χ4n) is 2.64. The van der Waals surface area contributed by atoms with Crippen LogP contribution in [0.5, 0.6) is 5.75 Å². The predicted octanol–water partition coefficient (Wildman–Crippen LogP) is 4.67. The Bertz CT molecular complexity index is 917. The zero-order valence-electron chi connectivity index (χ0n) is 17.8. The van der Waals surface area contributed by atoms with Crippen LogP contribution in [0, 0.1) is 11.7 Å². The molecule has 0 spiro atoms. The van der Waals surface area contributed by atoms with Crippen LogP contribution in [0.15, 0.2) is 52.0 Å². The van der Waals surface area contributed by atoms with Crippen LogP contribution in [-0.4, -0.2) is 30.7 Å². The van der Waals surface area contributed by atoms with Gasteiger partial charge >= 0.3 is 0 Å². The molecule has 2 aromatic carbocycles. The zero-order chi connectivity index (χ0) is 22.8. The van der Waals surface area contributed by atoms with Gasteiger partial charge in [0, 0.05) is 5.56 Å². The van der Waals surface area contributed by atoms with E-state index in [1.54, 1.807) is 0 Å². The van der Waals surface area contributed by atoms with E-state index in [0.29, 0.717) is 6.61 Å². The van der Waals surface area contributed by atoms with Gasteiger partial charge in [-0.15, -0.1) is 0 Å². The van der Waals surface area contributed by atoms with Crippen molar-refractivity contribution in [3.8, 4) is 5.75 Å². The molecule has 2 aromatic rings. The Kier molecular flexibility index (Phi) is 9.65. The van der Waals surface area contributed by atoms with Crippen LogP contribution in [0.4, 0.5) is 4.39 Å². The number of nitrogens with zero attached hydrogens (tertiary/aromatic N) is 1. The van der Waals surface area contributed by atoms with E-state index < -0.39 is 23.7 Å². The Morgan fingerprint density at radius 2 is 1.90 bits per heavy atom. The first-order valence-corrected chi connectivity index (χ1v) is 10.9. The third-order valence-electron chi connectivity index (χ3n) is 4.44. The van der Waals surface area contributed by atoms with E-state index in [-0.39, 0.29) is 11.5 Å². The SMILES string of the molecule is CCCCOc1ccc(C=NNC(=O)C(NC(=O)c2ccc(F)cc2)C(C)C)cc1Br. The van der Waals surface area contributed by atoms with Crippen molar-refractivity contribution in [2.24, 2.45) is 11.0 Å². The lowest BCUT2D eigenvalue weighted by Crippen LogP contribution is -2.48. The summed E-state index contributed by atoms with van der Waals surface area (Å²) in [6.45, 7) is 6.38. The summed E-state index contributed by atoms with van der Waals surface area (Å²) < 4.78 is 19.5. The van der Waals surface area contributed by atoms with Crippen LogP contribution in [0.3, 0.4) is 0 Å². The van der Waals surface area contributed by atoms with Crippen LogP contribution in [0.25, 0.3) is 0 Å². The molecule has 0 aromatic heterocycles. The first-order valence-electron chi connectivity index (χ1n) is 10.1. The van der Waals surface area contributed by atoms with Gasteiger partial charge in [0.05, 0.1) is 17.3 Å². The Hall–Kier alpha value is -2.74. The summed E-state index contributed by atoms with van der Waals surface area (Å²) in [5, 5.41) is 6.67. The number of carbonyl (C=O) groups excluding carboxylic acids is 2. The number of hydrogen-bond donors (Lipinski definition) is 2. The van der Waals surface area contributed by atoms with E-state index >= 15 is 0 Å². The summed E-state index contributed by atoms with van der Waals surface area (Å²) in [6.07, 6.45) is 3.55. The van der Waals surface area contributed by atoms with Gasteiger partial charge in [-0.1, -0.05) is 27.2 Å². The molecule has 1 atom stereocenters. The van der Waals surface area contributed by atoms with Crippen molar-refractivity contribution in [3.05, 3.63) is 63.9 Å². The van der Waals surface area contributed by atoms with Crippen molar-refractivity contribution < 1.29 is 18.7 Å². The maximum absolute atomic E-state index is 13.0. The first-order chi connectivity index (χ1) is 14.8. The second-order valence-corrected chi connectivity index (χ2v) is 8.18. The van der Waals surface area contributed by atoms with Crippen molar-refractivity contribution >= 4 is 34.0 Å². The minimum absolute atomic E-state index is 0.173. The Morgan fingerprint density at radius 1 is 1.19 bits per heavy atom. The van der Waals surface area contributed by atoms with Crippen molar-refractivity contribution in [3.63, 3.8) is 0 Å². The fourth-order valence-corrected chi connectivity index (χ4v) is 3.15. The third kappa shape index (κ3) is 7.79. The maximum Gasteiger partial charge on any atom is 0.262 e. The van der Waals surface area contributed by atoms with Gasteiger partial charge in [-0.2, -0.15) is 5.10 Å². The van der Waals surface area contributed by atoms with Crippen LogP contribution in [0.1, 0.15) is 49.5 Å². The summed E-state index contributed by atoms with van der Waals surface area (Å²) in [5.74, 6) is -0.761. The Balaban J connectivity index is 1.96. The number of hydrogen-bond acceptors (Lipinski definition) is 4. The minimum Gasteiger partial charge on any atom is -0.492 e.